The number of hydrogen-bond acceptors (Lipinski definition) is 2. The molecule has 2 aromatic carbocycles. The molecule has 0 unspecified atom stereocenters. The average molecular weight is 293 g/mol. The van der Waals surface area contributed by atoms with Crippen molar-refractivity contribution in [1.29, 1.82) is 5.26 Å². The number of rotatable bonds is 2. The lowest BCUT2D eigenvalue weighted by Crippen LogP contribution is -2.14. The van der Waals surface area contributed by atoms with Gasteiger partial charge in [-0.3, -0.25) is 4.79 Å². The standard InChI is InChI=1S/C14H7ClF2N2O/c15-12-6-10(3-1-8(12)7-18)19-14(20)11-5-9(16)2-4-13(11)17/h1-6H,(H,19,20). The highest BCUT2D eigenvalue weighted by atomic mass is 35.5. The van der Waals surface area contributed by atoms with Crippen molar-refractivity contribution < 1.29 is 13.6 Å². The summed E-state index contributed by atoms with van der Waals surface area (Å²) >= 11 is 5.81. The fraction of sp³-hybridized carbons (Fsp3) is 0. The normalized spacial score (nSPS) is 9.90. The summed E-state index contributed by atoms with van der Waals surface area (Å²) in [5.74, 6) is -2.35. The Morgan fingerprint density at radius 3 is 2.60 bits per heavy atom. The molecule has 0 aliphatic rings. The second-order valence-corrected chi connectivity index (χ2v) is 4.29. The van der Waals surface area contributed by atoms with E-state index in [0.717, 1.165) is 18.2 Å². The Balaban J connectivity index is 2.26. The van der Waals surface area contributed by atoms with Gasteiger partial charge in [-0.25, -0.2) is 8.78 Å². The predicted octanol–water partition coefficient (Wildman–Crippen LogP) is 3.74. The molecule has 1 N–H and O–H groups in total. The van der Waals surface area contributed by atoms with Gasteiger partial charge in [0.05, 0.1) is 16.1 Å². The SMILES string of the molecule is N#Cc1ccc(NC(=O)c2cc(F)ccc2F)cc1Cl. The molecule has 0 atom stereocenters. The second-order valence-electron chi connectivity index (χ2n) is 3.88. The van der Waals surface area contributed by atoms with E-state index in [9.17, 15) is 13.6 Å². The summed E-state index contributed by atoms with van der Waals surface area (Å²) in [6.07, 6.45) is 0. The maximum absolute atomic E-state index is 13.4. The molecule has 100 valence electrons. The third-order valence-corrected chi connectivity index (χ3v) is 2.83. The number of anilines is 1. The highest BCUT2D eigenvalue weighted by molar-refractivity contribution is 6.32. The molecule has 1 amide bonds. The number of carbonyl (C=O) groups excluding carboxylic acids is 1. The van der Waals surface area contributed by atoms with Crippen LogP contribution in [0.4, 0.5) is 14.5 Å². The van der Waals surface area contributed by atoms with E-state index in [4.69, 9.17) is 16.9 Å². The minimum Gasteiger partial charge on any atom is -0.322 e. The van der Waals surface area contributed by atoms with E-state index in [1.165, 1.54) is 18.2 Å². The lowest BCUT2D eigenvalue weighted by atomic mass is 10.1. The van der Waals surface area contributed by atoms with Crippen molar-refractivity contribution in [2.24, 2.45) is 0 Å². The summed E-state index contributed by atoms with van der Waals surface area (Å²) < 4.78 is 26.4. The Bertz CT molecular complexity index is 726. The quantitative estimate of drug-likeness (QED) is 0.916. The van der Waals surface area contributed by atoms with Crippen LogP contribution < -0.4 is 5.32 Å². The number of nitrogens with zero attached hydrogens (tertiary/aromatic N) is 1. The van der Waals surface area contributed by atoms with Crippen molar-refractivity contribution in [1.82, 2.24) is 0 Å². The Labute approximate surface area is 118 Å². The molecule has 0 saturated carbocycles. The maximum atomic E-state index is 13.4. The molecule has 6 heteroatoms. The van der Waals surface area contributed by atoms with Crippen LogP contribution in [-0.4, -0.2) is 5.91 Å². The zero-order chi connectivity index (χ0) is 14.7. The average Bonchev–Trinajstić information content (AvgIpc) is 2.41. The zero-order valence-corrected chi connectivity index (χ0v) is 10.7. The molecule has 0 aliphatic carbocycles. The van der Waals surface area contributed by atoms with E-state index in [1.807, 2.05) is 6.07 Å². The fourth-order valence-electron chi connectivity index (χ4n) is 1.55. The van der Waals surface area contributed by atoms with Crippen LogP contribution in [0, 0.1) is 23.0 Å². The molecule has 0 fully saturated rings. The Morgan fingerprint density at radius 1 is 1.20 bits per heavy atom. The Kier molecular flexibility index (Phi) is 3.97. The topological polar surface area (TPSA) is 52.9 Å². The van der Waals surface area contributed by atoms with Crippen molar-refractivity contribution >= 4 is 23.2 Å². The van der Waals surface area contributed by atoms with Gasteiger partial charge in [0.2, 0.25) is 0 Å². The molecule has 0 saturated heterocycles. The van der Waals surface area contributed by atoms with Crippen LogP contribution in [0.5, 0.6) is 0 Å². The van der Waals surface area contributed by atoms with E-state index in [1.54, 1.807) is 0 Å². The van der Waals surface area contributed by atoms with Gasteiger partial charge in [0.25, 0.3) is 5.91 Å². The number of benzene rings is 2. The van der Waals surface area contributed by atoms with E-state index < -0.39 is 23.1 Å². The first-order chi connectivity index (χ1) is 9.51. The molecule has 0 aromatic heterocycles. The molecular weight excluding hydrogens is 286 g/mol. The van der Waals surface area contributed by atoms with E-state index in [2.05, 4.69) is 5.32 Å². The first kappa shape index (κ1) is 14.0. The first-order valence-corrected chi connectivity index (χ1v) is 5.85. The van der Waals surface area contributed by atoms with Crippen LogP contribution in [0.1, 0.15) is 15.9 Å². The zero-order valence-electron chi connectivity index (χ0n) is 9.95. The van der Waals surface area contributed by atoms with Gasteiger partial charge in [-0.1, -0.05) is 11.6 Å². The van der Waals surface area contributed by atoms with Crippen LogP contribution in [0.15, 0.2) is 36.4 Å². The highest BCUT2D eigenvalue weighted by Gasteiger charge is 2.13. The number of carbonyl (C=O) groups is 1. The summed E-state index contributed by atoms with van der Waals surface area (Å²) in [4.78, 5) is 11.8. The molecule has 20 heavy (non-hydrogen) atoms. The molecule has 3 nitrogen and oxygen atoms in total. The van der Waals surface area contributed by atoms with Crippen molar-refractivity contribution in [2.75, 3.05) is 5.32 Å². The summed E-state index contributed by atoms with van der Waals surface area (Å²) in [5, 5.41) is 11.3. The van der Waals surface area contributed by atoms with Crippen molar-refractivity contribution in [3.63, 3.8) is 0 Å². The minimum absolute atomic E-state index is 0.157. The molecule has 0 bridgehead atoms. The highest BCUT2D eigenvalue weighted by Crippen LogP contribution is 2.21. The molecule has 0 radical (unpaired) electrons. The third-order valence-electron chi connectivity index (χ3n) is 2.52. The monoisotopic (exact) mass is 292 g/mol. The lowest BCUT2D eigenvalue weighted by molar-refractivity contribution is 0.102. The molecule has 0 heterocycles. The molecule has 2 aromatic rings. The number of hydrogen-bond donors (Lipinski definition) is 1. The second kappa shape index (κ2) is 5.68. The Morgan fingerprint density at radius 2 is 1.95 bits per heavy atom. The fourth-order valence-corrected chi connectivity index (χ4v) is 1.78. The van der Waals surface area contributed by atoms with Gasteiger partial charge in [-0.2, -0.15) is 5.26 Å². The van der Waals surface area contributed by atoms with Gasteiger partial charge in [-0.15, -0.1) is 0 Å². The number of halogens is 3. The van der Waals surface area contributed by atoms with Crippen molar-refractivity contribution in [2.45, 2.75) is 0 Å². The van der Waals surface area contributed by atoms with Crippen LogP contribution in [0.25, 0.3) is 0 Å². The number of nitriles is 1. The van der Waals surface area contributed by atoms with E-state index >= 15 is 0 Å². The minimum atomic E-state index is -0.830. The van der Waals surface area contributed by atoms with E-state index in [-0.39, 0.29) is 16.3 Å². The molecular formula is C14H7ClF2N2O. The predicted molar refractivity (Wildman–Crippen MR) is 70.5 cm³/mol. The van der Waals surface area contributed by atoms with Crippen molar-refractivity contribution in [3.8, 4) is 6.07 Å². The first-order valence-electron chi connectivity index (χ1n) is 5.47. The van der Waals surface area contributed by atoms with Gasteiger partial charge in [0, 0.05) is 5.69 Å². The van der Waals surface area contributed by atoms with Crippen LogP contribution in [-0.2, 0) is 0 Å². The van der Waals surface area contributed by atoms with Gasteiger partial charge in [0.15, 0.2) is 0 Å². The number of nitrogens with one attached hydrogen (secondary N) is 1. The molecule has 0 aliphatic heterocycles. The maximum Gasteiger partial charge on any atom is 0.258 e. The molecule has 2 rings (SSSR count). The summed E-state index contributed by atoms with van der Waals surface area (Å²) in [5.41, 5.74) is 0.120. The third kappa shape index (κ3) is 2.92. The van der Waals surface area contributed by atoms with Gasteiger partial charge < -0.3 is 5.32 Å². The van der Waals surface area contributed by atoms with Gasteiger partial charge >= 0.3 is 0 Å². The van der Waals surface area contributed by atoms with Gasteiger partial charge in [-0.05, 0) is 36.4 Å². The van der Waals surface area contributed by atoms with Crippen LogP contribution in [0.2, 0.25) is 5.02 Å². The largest absolute Gasteiger partial charge is 0.322 e. The molecule has 0 spiro atoms. The number of amides is 1. The summed E-state index contributed by atoms with van der Waals surface area (Å²) in [7, 11) is 0. The van der Waals surface area contributed by atoms with Crippen LogP contribution >= 0.6 is 11.6 Å². The summed E-state index contributed by atoms with van der Waals surface area (Å²) in [6, 6.07) is 8.68. The van der Waals surface area contributed by atoms with Crippen molar-refractivity contribution in [3.05, 3.63) is 64.2 Å². The van der Waals surface area contributed by atoms with Gasteiger partial charge in [0.1, 0.15) is 17.7 Å². The smallest absolute Gasteiger partial charge is 0.258 e. The summed E-state index contributed by atoms with van der Waals surface area (Å²) in [6.45, 7) is 0. The van der Waals surface area contributed by atoms with Crippen LogP contribution in [0.3, 0.4) is 0 Å². The van der Waals surface area contributed by atoms with E-state index in [0.29, 0.717) is 0 Å². The lowest BCUT2D eigenvalue weighted by Gasteiger charge is -2.07. The Hall–Kier alpha value is -2.45.